The monoisotopic (exact) mass is 240 g/mol. The topological polar surface area (TPSA) is 9.23 Å². The van der Waals surface area contributed by atoms with Gasteiger partial charge >= 0.3 is 0 Å². The van der Waals surface area contributed by atoms with Crippen molar-refractivity contribution in [1.29, 1.82) is 0 Å². The lowest BCUT2D eigenvalue weighted by atomic mass is 10.1. The minimum absolute atomic E-state index is 0.287. The first-order valence-corrected chi connectivity index (χ1v) is 9.26. The smallest absolute Gasteiger partial charge is 0.192 e. The molecule has 0 amide bonds. The molecule has 16 heavy (non-hydrogen) atoms. The van der Waals surface area contributed by atoms with E-state index in [9.17, 15) is 0 Å². The fourth-order valence-corrected chi connectivity index (χ4v) is 2.84. The summed E-state index contributed by atoms with van der Waals surface area (Å²) >= 11 is 0. The van der Waals surface area contributed by atoms with Crippen LogP contribution in [0.5, 0.6) is 0 Å². The Balaban J connectivity index is 4.43. The van der Waals surface area contributed by atoms with Gasteiger partial charge in [0, 0.05) is 12.5 Å². The van der Waals surface area contributed by atoms with Gasteiger partial charge in [-0.3, -0.25) is 0 Å². The van der Waals surface area contributed by atoms with Crippen LogP contribution in [0.4, 0.5) is 0 Å². The molecule has 1 atom stereocenters. The molecule has 94 valence electrons. The maximum absolute atomic E-state index is 6.39. The van der Waals surface area contributed by atoms with Crippen molar-refractivity contribution in [1.82, 2.24) is 0 Å². The van der Waals surface area contributed by atoms with Gasteiger partial charge in [0.15, 0.2) is 8.32 Å². The minimum Gasteiger partial charge on any atom is -0.414 e. The molecule has 0 rings (SSSR count). The minimum atomic E-state index is -1.62. The highest BCUT2D eigenvalue weighted by Gasteiger charge is 2.38. The third-order valence-electron chi connectivity index (χ3n) is 3.49. The van der Waals surface area contributed by atoms with Crippen LogP contribution in [0.3, 0.4) is 0 Å². The van der Waals surface area contributed by atoms with Gasteiger partial charge in [-0.05, 0) is 31.0 Å². The van der Waals surface area contributed by atoms with Gasteiger partial charge in [0.05, 0.1) is 0 Å². The van der Waals surface area contributed by atoms with Crippen LogP contribution in [0.25, 0.3) is 0 Å². The molecule has 0 bridgehead atoms. The van der Waals surface area contributed by atoms with E-state index in [1.165, 1.54) is 6.42 Å². The quantitative estimate of drug-likeness (QED) is 0.487. The van der Waals surface area contributed by atoms with Crippen molar-refractivity contribution in [2.24, 2.45) is 0 Å². The summed E-state index contributed by atoms with van der Waals surface area (Å²) in [5.74, 6) is 2.72. The lowest BCUT2D eigenvalue weighted by Crippen LogP contribution is -2.43. The average Bonchev–Trinajstić information content (AvgIpc) is 2.12. The Morgan fingerprint density at radius 2 is 1.81 bits per heavy atom. The van der Waals surface area contributed by atoms with E-state index < -0.39 is 8.32 Å². The van der Waals surface area contributed by atoms with Gasteiger partial charge in [0.25, 0.3) is 0 Å². The van der Waals surface area contributed by atoms with Gasteiger partial charge in [-0.2, -0.15) is 0 Å². The predicted molar refractivity (Wildman–Crippen MR) is 75.0 cm³/mol. The third-order valence-corrected chi connectivity index (χ3v) is 8.02. The summed E-state index contributed by atoms with van der Waals surface area (Å²) in [5.41, 5.74) is 0. The molecule has 0 aliphatic rings. The molecular formula is C14H28OSi. The van der Waals surface area contributed by atoms with Gasteiger partial charge in [0.1, 0.15) is 0 Å². The van der Waals surface area contributed by atoms with Crippen molar-refractivity contribution < 1.29 is 4.43 Å². The summed E-state index contributed by atoms with van der Waals surface area (Å²) in [7, 11) is -1.62. The molecule has 2 heteroatoms. The van der Waals surface area contributed by atoms with E-state index in [1.54, 1.807) is 0 Å². The second-order valence-electron chi connectivity index (χ2n) is 6.03. The molecule has 0 aromatic carbocycles. The maximum Gasteiger partial charge on any atom is 0.192 e. The molecule has 0 aliphatic heterocycles. The first-order valence-electron chi connectivity index (χ1n) is 6.36. The third kappa shape index (κ3) is 5.18. The predicted octanol–water partition coefficient (Wildman–Crippen LogP) is 4.59. The molecule has 0 N–H and O–H groups in total. The van der Waals surface area contributed by atoms with Crippen LogP contribution in [0, 0.1) is 12.3 Å². The molecule has 0 aliphatic carbocycles. The van der Waals surface area contributed by atoms with Gasteiger partial charge in [-0.25, -0.2) is 0 Å². The van der Waals surface area contributed by atoms with E-state index in [4.69, 9.17) is 10.8 Å². The van der Waals surface area contributed by atoms with Crippen molar-refractivity contribution in [3.05, 3.63) is 0 Å². The average molecular weight is 240 g/mol. The molecular weight excluding hydrogens is 212 g/mol. The zero-order chi connectivity index (χ0) is 12.8. The van der Waals surface area contributed by atoms with Gasteiger partial charge in [-0.15, -0.1) is 12.3 Å². The molecule has 0 unspecified atom stereocenters. The Labute approximate surface area is 103 Å². The molecule has 0 fully saturated rings. The molecule has 0 saturated heterocycles. The number of rotatable bonds is 6. The lowest BCUT2D eigenvalue weighted by molar-refractivity contribution is 0.162. The Morgan fingerprint density at radius 1 is 1.25 bits per heavy atom. The van der Waals surface area contributed by atoms with Crippen molar-refractivity contribution in [3.63, 3.8) is 0 Å². The fraction of sp³-hybridized carbons (Fsp3) is 0.857. The molecule has 0 heterocycles. The zero-order valence-corrected chi connectivity index (χ0v) is 12.9. The van der Waals surface area contributed by atoms with Crippen LogP contribution in [0.1, 0.15) is 53.4 Å². The van der Waals surface area contributed by atoms with E-state index in [1.807, 2.05) is 0 Å². The Morgan fingerprint density at radius 3 is 2.19 bits per heavy atom. The first kappa shape index (κ1) is 15.7. The highest BCUT2D eigenvalue weighted by molar-refractivity contribution is 6.74. The van der Waals surface area contributed by atoms with E-state index in [-0.39, 0.29) is 5.04 Å². The maximum atomic E-state index is 6.39. The summed E-state index contributed by atoms with van der Waals surface area (Å²) in [4.78, 5) is 0. The largest absolute Gasteiger partial charge is 0.414 e. The second-order valence-corrected chi connectivity index (χ2v) is 10.8. The zero-order valence-electron chi connectivity index (χ0n) is 11.9. The molecule has 0 aromatic rings. The Hall–Kier alpha value is -0.263. The van der Waals surface area contributed by atoms with Crippen LogP contribution in [0.2, 0.25) is 18.1 Å². The van der Waals surface area contributed by atoms with E-state index in [0.29, 0.717) is 6.10 Å². The first-order chi connectivity index (χ1) is 7.24. The van der Waals surface area contributed by atoms with Crippen LogP contribution in [-0.4, -0.2) is 14.4 Å². The highest BCUT2D eigenvalue weighted by atomic mass is 28.4. The van der Waals surface area contributed by atoms with Gasteiger partial charge < -0.3 is 4.43 Å². The van der Waals surface area contributed by atoms with E-state index in [0.717, 1.165) is 19.3 Å². The number of terminal acetylenes is 1. The lowest BCUT2D eigenvalue weighted by Gasteiger charge is -2.39. The fourth-order valence-electron chi connectivity index (χ4n) is 1.42. The normalized spacial score (nSPS) is 14.6. The van der Waals surface area contributed by atoms with Crippen LogP contribution >= 0.6 is 0 Å². The van der Waals surface area contributed by atoms with Crippen molar-refractivity contribution >= 4 is 8.32 Å². The van der Waals surface area contributed by atoms with Gasteiger partial charge in [-0.1, -0.05) is 34.1 Å². The Kier molecular flexibility index (Phi) is 6.36. The van der Waals surface area contributed by atoms with Crippen LogP contribution in [-0.2, 0) is 4.43 Å². The summed E-state index contributed by atoms with van der Waals surface area (Å²) in [6, 6.07) is 0. The van der Waals surface area contributed by atoms with E-state index in [2.05, 4.69) is 46.7 Å². The van der Waals surface area contributed by atoms with Crippen molar-refractivity contribution in [2.75, 3.05) is 0 Å². The van der Waals surface area contributed by atoms with Crippen molar-refractivity contribution in [2.45, 2.75) is 77.6 Å². The molecule has 0 saturated carbocycles. The second kappa shape index (κ2) is 6.47. The SMILES string of the molecule is C#CCC[C@H](CCC)O[Si](C)(C)C(C)(C)C. The number of hydrogen-bond acceptors (Lipinski definition) is 1. The molecule has 1 nitrogen and oxygen atoms in total. The standard InChI is InChI=1S/C14H28OSi/c1-8-10-12-13(11-9-2)15-16(6,7)14(3,4)5/h1,13H,9-12H2,2-7H3/t13-/m0/s1. The molecule has 0 radical (unpaired) electrons. The van der Waals surface area contributed by atoms with E-state index >= 15 is 0 Å². The summed E-state index contributed by atoms with van der Waals surface area (Å²) in [5, 5.41) is 0.287. The summed E-state index contributed by atoms with van der Waals surface area (Å²) in [6.07, 6.45) is 9.84. The van der Waals surface area contributed by atoms with Gasteiger partial charge in [0.2, 0.25) is 0 Å². The summed E-state index contributed by atoms with van der Waals surface area (Å²) in [6.45, 7) is 13.7. The van der Waals surface area contributed by atoms with Crippen molar-refractivity contribution in [3.8, 4) is 12.3 Å². The molecule has 0 aromatic heterocycles. The van der Waals surface area contributed by atoms with Crippen LogP contribution < -0.4 is 0 Å². The molecule has 0 spiro atoms. The number of hydrogen-bond donors (Lipinski definition) is 0. The summed E-state index contributed by atoms with van der Waals surface area (Å²) < 4.78 is 6.39. The highest BCUT2D eigenvalue weighted by Crippen LogP contribution is 2.38. The van der Waals surface area contributed by atoms with Crippen LogP contribution in [0.15, 0.2) is 0 Å². The Bertz CT molecular complexity index is 232.